The fourth-order valence-corrected chi connectivity index (χ4v) is 1.08. The topological polar surface area (TPSA) is 32.3 Å². The summed E-state index contributed by atoms with van der Waals surface area (Å²) in [5.74, 6) is 0.610. The van der Waals surface area contributed by atoms with Crippen LogP contribution >= 0.6 is 0 Å². The zero-order valence-electron chi connectivity index (χ0n) is 8.15. The molecule has 1 unspecified atom stereocenters. The lowest BCUT2D eigenvalue weighted by Crippen LogP contribution is -2.47. The average molecular weight is 159 g/mol. The SMILES string of the molecule is CCC(C)(NCCO)C(C)C. The number of β-amino-alcohol motifs (C(OH)–C–C–N with tert-alkyl or cyclic N) is 1. The highest BCUT2D eigenvalue weighted by Gasteiger charge is 2.24. The van der Waals surface area contributed by atoms with Gasteiger partial charge in [-0.25, -0.2) is 0 Å². The van der Waals surface area contributed by atoms with E-state index < -0.39 is 0 Å². The number of aliphatic hydroxyl groups is 1. The van der Waals surface area contributed by atoms with Gasteiger partial charge >= 0.3 is 0 Å². The molecule has 0 saturated heterocycles. The van der Waals surface area contributed by atoms with Gasteiger partial charge in [-0.3, -0.25) is 0 Å². The fraction of sp³-hybridized carbons (Fsp3) is 1.00. The van der Waals surface area contributed by atoms with Gasteiger partial charge in [-0.05, 0) is 19.3 Å². The molecule has 1 atom stereocenters. The van der Waals surface area contributed by atoms with Crippen LogP contribution in [0.1, 0.15) is 34.1 Å². The Hall–Kier alpha value is -0.0800. The number of hydrogen-bond acceptors (Lipinski definition) is 2. The minimum Gasteiger partial charge on any atom is -0.395 e. The molecule has 0 aliphatic carbocycles. The van der Waals surface area contributed by atoms with Gasteiger partial charge in [0, 0.05) is 12.1 Å². The van der Waals surface area contributed by atoms with Crippen molar-refractivity contribution in [3.05, 3.63) is 0 Å². The first-order valence-corrected chi connectivity index (χ1v) is 4.42. The maximum absolute atomic E-state index is 8.64. The van der Waals surface area contributed by atoms with Gasteiger partial charge in [0.1, 0.15) is 0 Å². The Bertz CT molecular complexity index is 104. The maximum Gasteiger partial charge on any atom is 0.0556 e. The molecule has 0 aromatic carbocycles. The zero-order chi connectivity index (χ0) is 8.91. The van der Waals surface area contributed by atoms with E-state index in [2.05, 4.69) is 33.0 Å². The van der Waals surface area contributed by atoms with Gasteiger partial charge in [-0.2, -0.15) is 0 Å². The van der Waals surface area contributed by atoms with Gasteiger partial charge in [0.2, 0.25) is 0 Å². The van der Waals surface area contributed by atoms with Gasteiger partial charge < -0.3 is 10.4 Å². The maximum atomic E-state index is 8.64. The predicted octanol–water partition coefficient (Wildman–Crippen LogP) is 1.39. The summed E-state index contributed by atoms with van der Waals surface area (Å²) >= 11 is 0. The molecule has 0 aromatic heterocycles. The van der Waals surface area contributed by atoms with Crippen molar-refractivity contribution < 1.29 is 5.11 Å². The van der Waals surface area contributed by atoms with Crippen molar-refractivity contribution in [2.24, 2.45) is 5.92 Å². The molecule has 0 spiro atoms. The van der Waals surface area contributed by atoms with Gasteiger partial charge in [-0.15, -0.1) is 0 Å². The monoisotopic (exact) mass is 159 g/mol. The second kappa shape index (κ2) is 4.73. The Kier molecular flexibility index (Phi) is 4.69. The Morgan fingerprint density at radius 3 is 2.27 bits per heavy atom. The fourth-order valence-electron chi connectivity index (χ4n) is 1.08. The van der Waals surface area contributed by atoms with Crippen LogP contribution in [-0.4, -0.2) is 23.8 Å². The smallest absolute Gasteiger partial charge is 0.0556 e. The van der Waals surface area contributed by atoms with Crippen molar-refractivity contribution in [3.8, 4) is 0 Å². The lowest BCUT2D eigenvalue weighted by molar-refractivity contribution is 0.215. The minimum absolute atomic E-state index is 0.183. The first-order chi connectivity index (χ1) is 5.06. The summed E-state index contributed by atoms with van der Waals surface area (Å²) in [4.78, 5) is 0. The molecule has 0 rings (SSSR count). The number of rotatable bonds is 5. The number of aliphatic hydroxyl groups excluding tert-OH is 1. The number of hydrogen-bond donors (Lipinski definition) is 2. The van der Waals surface area contributed by atoms with Gasteiger partial charge in [0.05, 0.1) is 6.61 Å². The van der Waals surface area contributed by atoms with Crippen LogP contribution in [-0.2, 0) is 0 Å². The molecule has 0 heterocycles. The van der Waals surface area contributed by atoms with Gasteiger partial charge in [0.15, 0.2) is 0 Å². The van der Waals surface area contributed by atoms with Crippen molar-refractivity contribution in [2.45, 2.75) is 39.7 Å². The second-order valence-corrected chi connectivity index (χ2v) is 3.58. The van der Waals surface area contributed by atoms with E-state index >= 15 is 0 Å². The molecule has 2 nitrogen and oxygen atoms in total. The molecule has 2 N–H and O–H groups in total. The molecule has 11 heavy (non-hydrogen) atoms. The summed E-state index contributed by atoms with van der Waals surface area (Å²) in [6, 6.07) is 0. The molecule has 0 aliphatic heterocycles. The van der Waals surface area contributed by atoms with Crippen molar-refractivity contribution in [3.63, 3.8) is 0 Å². The molecule has 0 radical (unpaired) electrons. The van der Waals surface area contributed by atoms with E-state index in [0.29, 0.717) is 12.5 Å². The van der Waals surface area contributed by atoms with Crippen LogP contribution in [0.25, 0.3) is 0 Å². The third-order valence-electron chi connectivity index (χ3n) is 2.65. The van der Waals surface area contributed by atoms with Gasteiger partial charge in [0.25, 0.3) is 0 Å². The van der Waals surface area contributed by atoms with Crippen LogP contribution in [0.15, 0.2) is 0 Å². The summed E-state index contributed by atoms with van der Waals surface area (Å²) in [7, 11) is 0. The first kappa shape index (κ1) is 10.9. The predicted molar refractivity (Wildman–Crippen MR) is 48.6 cm³/mol. The van der Waals surface area contributed by atoms with Crippen LogP contribution < -0.4 is 5.32 Å². The average Bonchev–Trinajstić information content (AvgIpc) is 2.00. The molecule has 68 valence electrons. The summed E-state index contributed by atoms with van der Waals surface area (Å²) in [6.07, 6.45) is 1.10. The molecule has 0 aromatic rings. The highest BCUT2D eigenvalue weighted by atomic mass is 16.3. The Morgan fingerprint density at radius 1 is 1.45 bits per heavy atom. The van der Waals surface area contributed by atoms with Crippen LogP contribution in [0.5, 0.6) is 0 Å². The largest absolute Gasteiger partial charge is 0.395 e. The third-order valence-corrected chi connectivity index (χ3v) is 2.65. The normalized spacial score (nSPS) is 16.9. The molecular formula is C9H21NO. The Balaban J connectivity index is 3.88. The quantitative estimate of drug-likeness (QED) is 0.635. The summed E-state index contributed by atoms with van der Waals surface area (Å²) in [6.45, 7) is 9.70. The van der Waals surface area contributed by atoms with Crippen LogP contribution in [0.2, 0.25) is 0 Å². The van der Waals surface area contributed by atoms with Crippen molar-refractivity contribution in [2.75, 3.05) is 13.2 Å². The standard InChI is InChI=1S/C9H21NO/c1-5-9(4,8(2)3)10-6-7-11/h8,10-11H,5-7H2,1-4H3. The summed E-state index contributed by atoms with van der Waals surface area (Å²) in [5, 5.41) is 12.0. The Morgan fingerprint density at radius 2 is 2.00 bits per heavy atom. The first-order valence-electron chi connectivity index (χ1n) is 4.42. The van der Waals surface area contributed by atoms with Crippen LogP contribution in [0.4, 0.5) is 0 Å². The van der Waals surface area contributed by atoms with E-state index in [9.17, 15) is 0 Å². The summed E-state index contributed by atoms with van der Waals surface area (Å²) < 4.78 is 0. The van der Waals surface area contributed by atoms with Crippen LogP contribution in [0, 0.1) is 5.92 Å². The van der Waals surface area contributed by atoms with Crippen LogP contribution in [0.3, 0.4) is 0 Å². The second-order valence-electron chi connectivity index (χ2n) is 3.58. The van der Waals surface area contributed by atoms with E-state index in [1.807, 2.05) is 0 Å². The van der Waals surface area contributed by atoms with E-state index in [1.165, 1.54) is 0 Å². The van der Waals surface area contributed by atoms with Gasteiger partial charge in [-0.1, -0.05) is 20.8 Å². The van der Waals surface area contributed by atoms with E-state index in [4.69, 9.17) is 5.11 Å². The highest BCUT2D eigenvalue weighted by molar-refractivity contribution is 4.84. The number of nitrogens with one attached hydrogen (secondary N) is 1. The minimum atomic E-state index is 0.183. The van der Waals surface area contributed by atoms with E-state index in [0.717, 1.165) is 6.42 Å². The molecule has 0 aliphatic rings. The molecular weight excluding hydrogens is 138 g/mol. The van der Waals surface area contributed by atoms with E-state index in [1.54, 1.807) is 0 Å². The van der Waals surface area contributed by atoms with Crippen molar-refractivity contribution in [1.29, 1.82) is 0 Å². The zero-order valence-corrected chi connectivity index (χ0v) is 8.15. The van der Waals surface area contributed by atoms with E-state index in [-0.39, 0.29) is 12.1 Å². The molecule has 0 fully saturated rings. The lowest BCUT2D eigenvalue weighted by Gasteiger charge is -2.33. The lowest BCUT2D eigenvalue weighted by atomic mass is 9.86. The van der Waals surface area contributed by atoms with Crippen molar-refractivity contribution in [1.82, 2.24) is 5.32 Å². The molecule has 2 heteroatoms. The molecule has 0 bridgehead atoms. The summed E-state index contributed by atoms with van der Waals surface area (Å²) in [5.41, 5.74) is 0.183. The molecule has 0 saturated carbocycles. The Labute approximate surface area is 70.0 Å². The highest BCUT2D eigenvalue weighted by Crippen LogP contribution is 2.19. The third kappa shape index (κ3) is 3.21. The molecule has 0 amide bonds. The van der Waals surface area contributed by atoms with Crippen molar-refractivity contribution >= 4 is 0 Å².